The highest BCUT2D eigenvalue weighted by Crippen LogP contribution is 2.32. The minimum atomic E-state index is -4.50. The van der Waals surface area contributed by atoms with Crippen molar-refractivity contribution in [1.82, 2.24) is 10.2 Å². The van der Waals surface area contributed by atoms with E-state index in [9.17, 15) is 13.2 Å². The van der Waals surface area contributed by atoms with Gasteiger partial charge in [-0.25, -0.2) is 0 Å². The number of alkyl halides is 3. The van der Waals surface area contributed by atoms with Crippen molar-refractivity contribution >= 4 is 0 Å². The largest absolute Gasteiger partial charge is 0.497 e. The Hall–Kier alpha value is -2.02. The molecule has 0 saturated carbocycles. The predicted molar refractivity (Wildman–Crippen MR) is 67.3 cm³/mol. The van der Waals surface area contributed by atoms with Crippen LogP contribution in [0.3, 0.4) is 0 Å². The lowest BCUT2D eigenvalue weighted by molar-refractivity contribution is -0.141. The second-order valence-corrected chi connectivity index (χ2v) is 4.26. The Bertz CT molecular complexity index is 576. The summed E-state index contributed by atoms with van der Waals surface area (Å²) in [6.07, 6.45) is -4.19. The number of aromatic amines is 1. The maximum absolute atomic E-state index is 12.7. The van der Waals surface area contributed by atoms with Crippen LogP contribution in [0.1, 0.15) is 22.5 Å². The molecule has 0 bridgehead atoms. The molecule has 0 aliphatic heterocycles. The number of halogens is 3. The van der Waals surface area contributed by atoms with Crippen LogP contribution in [0, 0.1) is 0 Å². The third kappa shape index (κ3) is 2.93. The predicted octanol–water partition coefficient (Wildman–Crippen LogP) is 2.49. The van der Waals surface area contributed by atoms with Gasteiger partial charge in [0.15, 0.2) is 5.69 Å². The fraction of sp³-hybridized carbons (Fsp3) is 0.308. The number of nitrogens with zero attached hydrogens (tertiary/aromatic N) is 1. The van der Waals surface area contributed by atoms with E-state index in [1.165, 1.54) is 0 Å². The number of aromatic nitrogens is 2. The van der Waals surface area contributed by atoms with Crippen molar-refractivity contribution in [2.24, 2.45) is 5.73 Å². The number of hydrogen-bond donors (Lipinski definition) is 2. The number of benzene rings is 1. The summed E-state index contributed by atoms with van der Waals surface area (Å²) in [6.45, 7) is -0.211. The van der Waals surface area contributed by atoms with Crippen LogP contribution >= 0.6 is 0 Å². The van der Waals surface area contributed by atoms with Crippen LogP contribution in [0.2, 0.25) is 0 Å². The summed E-state index contributed by atoms with van der Waals surface area (Å²) in [7, 11) is 1.55. The molecule has 1 heterocycles. The van der Waals surface area contributed by atoms with Crippen molar-refractivity contribution in [3.05, 3.63) is 46.8 Å². The highest BCUT2D eigenvalue weighted by molar-refractivity contribution is 5.34. The van der Waals surface area contributed by atoms with E-state index in [2.05, 4.69) is 10.2 Å². The quantitative estimate of drug-likeness (QED) is 0.907. The van der Waals surface area contributed by atoms with Crippen molar-refractivity contribution in [2.75, 3.05) is 7.11 Å². The Kier molecular flexibility index (Phi) is 3.99. The van der Waals surface area contributed by atoms with Gasteiger partial charge in [-0.3, -0.25) is 5.10 Å². The van der Waals surface area contributed by atoms with E-state index in [1.54, 1.807) is 31.4 Å². The minimum Gasteiger partial charge on any atom is -0.497 e. The summed E-state index contributed by atoms with van der Waals surface area (Å²) in [4.78, 5) is 0. The van der Waals surface area contributed by atoms with Crippen molar-refractivity contribution < 1.29 is 17.9 Å². The Balaban J connectivity index is 2.27. The zero-order valence-electron chi connectivity index (χ0n) is 10.8. The van der Waals surface area contributed by atoms with Gasteiger partial charge in [0.1, 0.15) is 5.75 Å². The molecule has 2 rings (SSSR count). The molecule has 0 aliphatic rings. The molecule has 1 aromatic heterocycles. The van der Waals surface area contributed by atoms with Gasteiger partial charge in [0, 0.05) is 24.2 Å². The maximum atomic E-state index is 12.7. The molecule has 108 valence electrons. The van der Waals surface area contributed by atoms with Crippen molar-refractivity contribution in [3.63, 3.8) is 0 Å². The van der Waals surface area contributed by atoms with Crippen molar-refractivity contribution in [3.8, 4) is 5.75 Å². The first-order valence-corrected chi connectivity index (χ1v) is 5.92. The van der Waals surface area contributed by atoms with Crippen molar-refractivity contribution in [1.29, 1.82) is 0 Å². The molecule has 2 aromatic rings. The van der Waals surface area contributed by atoms with Crippen LogP contribution in [-0.2, 0) is 19.1 Å². The van der Waals surface area contributed by atoms with Gasteiger partial charge in [-0.15, -0.1) is 0 Å². The van der Waals surface area contributed by atoms with Crippen LogP contribution in [-0.4, -0.2) is 17.3 Å². The van der Waals surface area contributed by atoms with E-state index in [4.69, 9.17) is 10.5 Å². The second kappa shape index (κ2) is 5.54. The summed E-state index contributed by atoms with van der Waals surface area (Å²) in [5.41, 5.74) is 5.70. The summed E-state index contributed by atoms with van der Waals surface area (Å²) >= 11 is 0. The van der Waals surface area contributed by atoms with Crippen LogP contribution in [0.25, 0.3) is 0 Å². The lowest BCUT2D eigenvalue weighted by Crippen LogP contribution is -2.12. The van der Waals surface area contributed by atoms with Gasteiger partial charge in [0.2, 0.25) is 0 Å². The molecular weight excluding hydrogens is 271 g/mol. The normalized spacial score (nSPS) is 11.7. The lowest BCUT2D eigenvalue weighted by Gasteiger charge is -2.07. The number of H-pyrrole nitrogens is 1. The van der Waals surface area contributed by atoms with Gasteiger partial charge < -0.3 is 10.5 Å². The van der Waals surface area contributed by atoms with E-state index in [0.717, 1.165) is 5.56 Å². The maximum Gasteiger partial charge on any atom is 0.435 e. The second-order valence-electron chi connectivity index (χ2n) is 4.26. The molecule has 0 atom stereocenters. The molecule has 0 unspecified atom stereocenters. The standard InChI is InChI=1S/C13H14F3N3O/c1-20-9-4-2-8(3-5-9)6-11-10(7-17)12(19-18-11)13(14,15)16/h2-5H,6-7,17H2,1H3,(H,18,19). The first-order chi connectivity index (χ1) is 9.45. The minimum absolute atomic E-state index is 0.00770. The fourth-order valence-electron chi connectivity index (χ4n) is 1.95. The molecule has 3 N–H and O–H groups in total. The monoisotopic (exact) mass is 285 g/mol. The Morgan fingerprint density at radius 2 is 1.90 bits per heavy atom. The first kappa shape index (κ1) is 14.4. The van der Waals surface area contributed by atoms with Crippen LogP contribution in [0.15, 0.2) is 24.3 Å². The average molecular weight is 285 g/mol. The molecule has 4 nitrogen and oxygen atoms in total. The zero-order valence-corrected chi connectivity index (χ0v) is 10.8. The van der Waals surface area contributed by atoms with Crippen LogP contribution in [0.5, 0.6) is 5.75 Å². The number of methoxy groups -OCH3 is 1. The number of nitrogens with one attached hydrogen (secondary N) is 1. The van der Waals surface area contributed by atoms with E-state index in [-0.39, 0.29) is 12.1 Å². The number of nitrogens with two attached hydrogens (primary N) is 1. The molecule has 7 heteroatoms. The molecule has 0 radical (unpaired) electrons. The van der Waals surface area contributed by atoms with Gasteiger partial charge in [-0.05, 0) is 17.7 Å². The summed E-state index contributed by atoms with van der Waals surface area (Å²) < 4.78 is 43.2. The number of ether oxygens (including phenoxy) is 1. The molecule has 0 fully saturated rings. The molecular formula is C13H14F3N3O. The molecule has 0 spiro atoms. The van der Waals surface area contributed by atoms with E-state index >= 15 is 0 Å². The molecule has 20 heavy (non-hydrogen) atoms. The molecule has 1 aromatic carbocycles. The van der Waals surface area contributed by atoms with Gasteiger partial charge in [0.25, 0.3) is 0 Å². The van der Waals surface area contributed by atoms with E-state index in [1.807, 2.05) is 0 Å². The summed E-state index contributed by atoms with van der Waals surface area (Å²) in [5, 5.41) is 5.76. The highest BCUT2D eigenvalue weighted by atomic mass is 19.4. The van der Waals surface area contributed by atoms with Gasteiger partial charge in [-0.2, -0.15) is 18.3 Å². The average Bonchev–Trinajstić information content (AvgIpc) is 2.82. The molecule has 0 amide bonds. The Morgan fingerprint density at radius 1 is 1.25 bits per heavy atom. The van der Waals surface area contributed by atoms with Gasteiger partial charge in [0.05, 0.1) is 7.11 Å². The highest BCUT2D eigenvalue weighted by Gasteiger charge is 2.37. The van der Waals surface area contributed by atoms with Crippen LogP contribution in [0.4, 0.5) is 13.2 Å². The topological polar surface area (TPSA) is 63.9 Å². The van der Waals surface area contributed by atoms with E-state index < -0.39 is 11.9 Å². The molecule has 0 aliphatic carbocycles. The first-order valence-electron chi connectivity index (χ1n) is 5.92. The number of hydrogen-bond acceptors (Lipinski definition) is 3. The SMILES string of the molecule is COc1ccc(Cc2[nH]nc(C(F)(F)F)c2CN)cc1. The smallest absolute Gasteiger partial charge is 0.435 e. The Labute approximate surface area is 113 Å². The van der Waals surface area contributed by atoms with Crippen LogP contribution < -0.4 is 10.5 Å². The third-order valence-electron chi connectivity index (χ3n) is 2.97. The van der Waals surface area contributed by atoms with E-state index in [0.29, 0.717) is 17.9 Å². The van der Waals surface area contributed by atoms with Crippen molar-refractivity contribution in [2.45, 2.75) is 19.1 Å². The fourth-order valence-corrected chi connectivity index (χ4v) is 1.95. The summed E-state index contributed by atoms with van der Waals surface area (Å²) in [6, 6.07) is 7.07. The zero-order chi connectivity index (χ0) is 14.8. The number of rotatable bonds is 4. The Morgan fingerprint density at radius 3 is 2.40 bits per heavy atom. The lowest BCUT2D eigenvalue weighted by atomic mass is 10.0. The molecule has 0 saturated heterocycles. The third-order valence-corrected chi connectivity index (χ3v) is 2.97. The van der Waals surface area contributed by atoms with Gasteiger partial charge >= 0.3 is 6.18 Å². The van der Waals surface area contributed by atoms with Gasteiger partial charge in [-0.1, -0.05) is 12.1 Å². The summed E-state index contributed by atoms with van der Waals surface area (Å²) in [5.74, 6) is 0.688.